The van der Waals surface area contributed by atoms with Gasteiger partial charge < -0.3 is 15.5 Å². The standard InChI is InChI=1S/C14H17N5O6/c1-8-9(7-20)3-11(18(22)23)13(14(8)19(24)25)15-5-12(21)10-4-16-17(2)6-10/h3-4,6,12,15,20-21H,5,7H2,1-2H3. The summed E-state index contributed by atoms with van der Waals surface area (Å²) < 4.78 is 1.48. The summed E-state index contributed by atoms with van der Waals surface area (Å²) in [6, 6.07) is 1.08. The van der Waals surface area contributed by atoms with Gasteiger partial charge in [0.2, 0.25) is 0 Å². The molecule has 0 amide bonds. The normalized spacial score (nSPS) is 12.0. The average molecular weight is 351 g/mol. The van der Waals surface area contributed by atoms with Crippen LogP contribution in [0.3, 0.4) is 0 Å². The second-order valence-electron chi connectivity index (χ2n) is 5.42. The van der Waals surface area contributed by atoms with E-state index in [1.54, 1.807) is 13.2 Å². The molecule has 1 unspecified atom stereocenters. The third-order valence-electron chi connectivity index (χ3n) is 3.77. The van der Waals surface area contributed by atoms with Gasteiger partial charge in [0.1, 0.15) is 0 Å². The van der Waals surface area contributed by atoms with Gasteiger partial charge in [-0.15, -0.1) is 0 Å². The molecular formula is C14H17N5O6. The van der Waals surface area contributed by atoms with Crippen molar-refractivity contribution in [1.82, 2.24) is 9.78 Å². The summed E-state index contributed by atoms with van der Waals surface area (Å²) in [6.07, 6.45) is 1.93. The number of aromatic nitrogens is 2. The Morgan fingerprint density at radius 3 is 2.52 bits per heavy atom. The van der Waals surface area contributed by atoms with Gasteiger partial charge in [-0.05, 0) is 12.5 Å². The summed E-state index contributed by atoms with van der Waals surface area (Å²) in [5.74, 6) is 0. The molecule has 1 aromatic heterocycles. The summed E-state index contributed by atoms with van der Waals surface area (Å²) in [4.78, 5) is 21.1. The predicted molar refractivity (Wildman–Crippen MR) is 87.1 cm³/mol. The Kier molecular flexibility index (Phi) is 5.29. The highest BCUT2D eigenvalue weighted by Gasteiger charge is 2.30. The molecule has 134 valence electrons. The number of rotatable bonds is 7. The summed E-state index contributed by atoms with van der Waals surface area (Å²) in [7, 11) is 1.66. The number of hydrogen-bond donors (Lipinski definition) is 3. The van der Waals surface area contributed by atoms with Crippen molar-refractivity contribution in [2.45, 2.75) is 19.6 Å². The monoisotopic (exact) mass is 351 g/mol. The lowest BCUT2D eigenvalue weighted by Crippen LogP contribution is -2.15. The quantitative estimate of drug-likeness (QED) is 0.496. The Hall–Kier alpha value is -3.05. The van der Waals surface area contributed by atoms with E-state index >= 15 is 0 Å². The van der Waals surface area contributed by atoms with Crippen LogP contribution in [0.5, 0.6) is 0 Å². The third-order valence-corrected chi connectivity index (χ3v) is 3.77. The van der Waals surface area contributed by atoms with Crippen LogP contribution >= 0.6 is 0 Å². The first-order valence-corrected chi connectivity index (χ1v) is 7.22. The van der Waals surface area contributed by atoms with Gasteiger partial charge in [0.25, 0.3) is 5.69 Å². The van der Waals surface area contributed by atoms with Crippen LogP contribution in [0.15, 0.2) is 18.5 Å². The van der Waals surface area contributed by atoms with E-state index in [2.05, 4.69) is 10.4 Å². The van der Waals surface area contributed by atoms with Crippen molar-refractivity contribution in [3.63, 3.8) is 0 Å². The molecule has 1 atom stereocenters. The highest BCUT2D eigenvalue weighted by atomic mass is 16.6. The number of benzene rings is 1. The first kappa shape index (κ1) is 18.3. The molecule has 25 heavy (non-hydrogen) atoms. The SMILES string of the molecule is Cc1c(CO)cc([N+](=O)[O-])c(NCC(O)c2cnn(C)c2)c1[N+](=O)[O-]. The van der Waals surface area contributed by atoms with Gasteiger partial charge in [-0.1, -0.05) is 0 Å². The van der Waals surface area contributed by atoms with Gasteiger partial charge in [0.05, 0.1) is 28.8 Å². The van der Waals surface area contributed by atoms with Gasteiger partial charge >= 0.3 is 5.69 Å². The molecule has 1 aromatic carbocycles. The van der Waals surface area contributed by atoms with Crippen LogP contribution in [0.4, 0.5) is 17.1 Å². The fourth-order valence-electron chi connectivity index (χ4n) is 2.45. The summed E-state index contributed by atoms with van der Waals surface area (Å²) >= 11 is 0. The molecule has 2 aromatic rings. The van der Waals surface area contributed by atoms with Crippen molar-refractivity contribution < 1.29 is 20.1 Å². The zero-order chi connectivity index (χ0) is 18.7. The molecule has 0 fully saturated rings. The summed E-state index contributed by atoms with van der Waals surface area (Å²) in [6.45, 7) is 0.646. The van der Waals surface area contributed by atoms with Gasteiger partial charge in [-0.25, -0.2) is 0 Å². The van der Waals surface area contributed by atoms with Gasteiger partial charge in [0.15, 0.2) is 5.69 Å². The molecule has 1 heterocycles. The zero-order valence-electron chi connectivity index (χ0n) is 13.5. The Labute approximate surface area is 141 Å². The van der Waals surface area contributed by atoms with Crippen molar-refractivity contribution in [2.24, 2.45) is 7.05 Å². The molecule has 0 aliphatic heterocycles. The third kappa shape index (κ3) is 3.72. The van der Waals surface area contributed by atoms with E-state index in [9.17, 15) is 30.4 Å². The zero-order valence-corrected chi connectivity index (χ0v) is 13.5. The van der Waals surface area contributed by atoms with Crippen LogP contribution in [-0.4, -0.2) is 36.4 Å². The lowest BCUT2D eigenvalue weighted by Gasteiger charge is -2.14. The van der Waals surface area contributed by atoms with E-state index in [0.29, 0.717) is 5.56 Å². The summed E-state index contributed by atoms with van der Waals surface area (Å²) in [5, 5.41) is 48.6. The second kappa shape index (κ2) is 7.23. The van der Waals surface area contributed by atoms with E-state index in [4.69, 9.17) is 0 Å². The minimum atomic E-state index is -1.06. The highest BCUT2D eigenvalue weighted by Crippen LogP contribution is 2.39. The Morgan fingerprint density at radius 1 is 1.36 bits per heavy atom. The van der Waals surface area contributed by atoms with Crippen molar-refractivity contribution in [2.75, 3.05) is 11.9 Å². The van der Waals surface area contributed by atoms with Crippen molar-refractivity contribution in [3.8, 4) is 0 Å². The topological polar surface area (TPSA) is 157 Å². The number of aryl methyl sites for hydroxylation is 1. The molecule has 0 spiro atoms. The molecule has 11 nitrogen and oxygen atoms in total. The van der Waals surface area contributed by atoms with E-state index in [1.807, 2.05) is 0 Å². The van der Waals surface area contributed by atoms with Crippen LogP contribution in [0.25, 0.3) is 0 Å². The van der Waals surface area contributed by atoms with Gasteiger partial charge in [0, 0.05) is 37.0 Å². The molecule has 0 radical (unpaired) electrons. The maximum atomic E-state index is 11.4. The van der Waals surface area contributed by atoms with Crippen molar-refractivity contribution in [1.29, 1.82) is 0 Å². The highest BCUT2D eigenvalue weighted by molar-refractivity contribution is 5.77. The molecule has 2 rings (SSSR count). The average Bonchev–Trinajstić information content (AvgIpc) is 2.98. The predicted octanol–water partition coefficient (Wildman–Crippen LogP) is 1.18. The van der Waals surface area contributed by atoms with Crippen LogP contribution in [0, 0.1) is 27.2 Å². The molecule has 3 N–H and O–H groups in total. The van der Waals surface area contributed by atoms with Crippen molar-refractivity contribution >= 4 is 17.1 Å². The van der Waals surface area contributed by atoms with Crippen LogP contribution in [0.1, 0.15) is 22.8 Å². The van der Waals surface area contributed by atoms with Crippen LogP contribution in [-0.2, 0) is 13.7 Å². The number of nitro benzene ring substituents is 2. The van der Waals surface area contributed by atoms with E-state index in [1.165, 1.54) is 17.8 Å². The maximum Gasteiger partial charge on any atom is 0.302 e. The molecule has 0 saturated heterocycles. The van der Waals surface area contributed by atoms with Crippen molar-refractivity contribution in [3.05, 3.63) is 55.4 Å². The molecular weight excluding hydrogens is 334 g/mol. The second-order valence-corrected chi connectivity index (χ2v) is 5.42. The van der Waals surface area contributed by atoms with Crippen LogP contribution < -0.4 is 5.32 Å². The van der Waals surface area contributed by atoms with E-state index in [-0.39, 0.29) is 23.4 Å². The minimum absolute atomic E-state index is 0.0942. The van der Waals surface area contributed by atoms with Crippen LogP contribution in [0.2, 0.25) is 0 Å². The number of hydrogen-bond acceptors (Lipinski definition) is 8. The van der Waals surface area contributed by atoms with E-state index < -0.39 is 33.9 Å². The lowest BCUT2D eigenvalue weighted by molar-refractivity contribution is -0.392. The smallest absolute Gasteiger partial charge is 0.302 e. The minimum Gasteiger partial charge on any atom is -0.392 e. The number of aliphatic hydroxyl groups is 2. The fourth-order valence-corrected chi connectivity index (χ4v) is 2.45. The molecule has 0 aliphatic rings. The number of nitrogens with one attached hydrogen (secondary N) is 1. The number of aliphatic hydroxyl groups excluding tert-OH is 2. The van der Waals surface area contributed by atoms with Gasteiger partial charge in [-0.2, -0.15) is 5.10 Å². The number of nitrogens with zero attached hydrogens (tertiary/aromatic N) is 4. The fraction of sp³-hybridized carbons (Fsp3) is 0.357. The molecule has 11 heteroatoms. The molecule has 0 aliphatic carbocycles. The maximum absolute atomic E-state index is 11.4. The van der Waals surface area contributed by atoms with E-state index in [0.717, 1.165) is 6.07 Å². The Balaban J connectivity index is 2.42. The molecule has 0 bridgehead atoms. The number of nitro groups is 2. The number of anilines is 1. The Morgan fingerprint density at radius 2 is 2.04 bits per heavy atom. The first-order valence-electron chi connectivity index (χ1n) is 7.22. The van der Waals surface area contributed by atoms with Gasteiger partial charge in [-0.3, -0.25) is 24.9 Å². The summed E-state index contributed by atoms with van der Waals surface area (Å²) in [5.41, 5.74) is -0.679. The lowest BCUT2D eigenvalue weighted by atomic mass is 10.0. The molecule has 0 saturated carbocycles. The Bertz CT molecular complexity index is 818. The largest absolute Gasteiger partial charge is 0.392 e. The first-order chi connectivity index (χ1) is 11.8.